The first kappa shape index (κ1) is 11.4. The van der Waals surface area contributed by atoms with E-state index >= 15 is 0 Å². The normalized spacial score (nSPS) is 24.8. The second-order valence-electron chi connectivity index (χ2n) is 5.03. The number of fused-ring (bicyclic) bond motifs is 1. The number of hydrogen-bond donors (Lipinski definition) is 0. The molecule has 86 valence electrons. The summed E-state index contributed by atoms with van der Waals surface area (Å²) in [6.45, 7) is 13.0. The molecule has 1 aromatic carbocycles. The molecule has 0 N–H and O–H groups in total. The van der Waals surface area contributed by atoms with Crippen molar-refractivity contribution in [2.75, 3.05) is 0 Å². The first-order valence-electron chi connectivity index (χ1n) is 6.06. The van der Waals surface area contributed by atoms with Gasteiger partial charge in [-0.25, -0.2) is 0 Å². The van der Waals surface area contributed by atoms with E-state index in [1.54, 1.807) is 0 Å². The molecule has 1 aromatic rings. The lowest BCUT2D eigenvalue weighted by Crippen LogP contribution is -2.30. The van der Waals surface area contributed by atoms with Gasteiger partial charge in [-0.15, -0.1) is 6.58 Å². The Hall–Kier alpha value is -1.08. The maximum atomic E-state index is 3.99. The fourth-order valence-corrected chi connectivity index (χ4v) is 2.90. The van der Waals surface area contributed by atoms with Gasteiger partial charge in [-0.2, -0.15) is 0 Å². The summed E-state index contributed by atoms with van der Waals surface area (Å²) in [7, 11) is 0. The van der Waals surface area contributed by atoms with Crippen molar-refractivity contribution < 1.29 is 0 Å². The molecule has 1 heteroatoms. The molecule has 0 aliphatic carbocycles. The summed E-state index contributed by atoms with van der Waals surface area (Å²) in [5, 5.41) is 0. The van der Waals surface area contributed by atoms with Crippen molar-refractivity contribution in [3.8, 4) is 0 Å². The molecule has 0 amide bonds. The summed E-state index contributed by atoms with van der Waals surface area (Å²) in [5.41, 5.74) is 4.25. The van der Waals surface area contributed by atoms with E-state index in [0.717, 1.165) is 0 Å². The number of aryl methyl sites for hydroxylation is 1. The van der Waals surface area contributed by atoms with E-state index < -0.39 is 0 Å². The third kappa shape index (κ3) is 1.60. The Kier molecular flexibility index (Phi) is 2.90. The van der Waals surface area contributed by atoms with E-state index in [-0.39, 0.29) is 0 Å². The monoisotopic (exact) mass is 215 g/mol. The van der Waals surface area contributed by atoms with Gasteiger partial charge in [0.2, 0.25) is 0 Å². The van der Waals surface area contributed by atoms with Gasteiger partial charge in [-0.1, -0.05) is 29.8 Å². The predicted molar refractivity (Wildman–Crippen MR) is 69.5 cm³/mol. The largest absolute Gasteiger partial charge is 0.284 e. The van der Waals surface area contributed by atoms with Crippen LogP contribution in [-0.2, 0) is 0 Å². The van der Waals surface area contributed by atoms with E-state index in [1.165, 1.54) is 16.7 Å². The Morgan fingerprint density at radius 2 is 2.00 bits per heavy atom. The Labute approximate surface area is 98.8 Å². The zero-order valence-electron chi connectivity index (χ0n) is 10.7. The van der Waals surface area contributed by atoms with Gasteiger partial charge in [-0.3, -0.25) is 4.90 Å². The lowest BCUT2D eigenvalue weighted by Gasteiger charge is -2.30. The van der Waals surface area contributed by atoms with Crippen LogP contribution in [0.3, 0.4) is 0 Å². The van der Waals surface area contributed by atoms with Crippen LogP contribution in [0.2, 0.25) is 0 Å². The van der Waals surface area contributed by atoms with Crippen LogP contribution in [0.15, 0.2) is 30.9 Å². The summed E-state index contributed by atoms with van der Waals surface area (Å²) < 4.78 is 0. The maximum Gasteiger partial charge on any atom is 0.0540 e. The molecular weight excluding hydrogens is 194 g/mol. The summed E-state index contributed by atoms with van der Waals surface area (Å²) in [6, 6.07) is 8.20. The van der Waals surface area contributed by atoms with Crippen LogP contribution in [-0.4, -0.2) is 10.9 Å². The molecule has 1 aliphatic rings. The number of hydrogen-bond acceptors (Lipinski definition) is 1. The van der Waals surface area contributed by atoms with E-state index in [9.17, 15) is 0 Å². The average molecular weight is 215 g/mol. The molecule has 2 rings (SSSR count). The highest BCUT2D eigenvalue weighted by molar-refractivity contribution is 5.41. The van der Waals surface area contributed by atoms with Gasteiger partial charge in [0.05, 0.1) is 6.04 Å². The minimum atomic E-state index is 0.380. The van der Waals surface area contributed by atoms with E-state index in [1.807, 2.05) is 0 Å². The van der Waals surface area contributed by atoms with E-state index in [0.29, 0.717) is 18.1 Å². The summed E-state index contributed by atoms with van der Waals surface area (Å²) >= 11 is 0. The highest BCUT2D eigenvalue weighted by Gasteiger charge is 2.35. The third-order valence-corrected chi connectivity index (χ3v) is 3.60. The van der Waals surface area contributed by atoms with Crippen molar-refractivity contribution in [1.29, 1.82) is 0 Å². The SMILES string of the molecule is C=CC1c2ccc(C)cc2C(C)N1C(C)C. The minimum Gasteiger partial charge on any atom is -0.284 e. The van der Waals surface area contributed by atoms with E-state index in [2.05, 4.69) is 63.4 Å². The molecule has 0 aromatic heterocycles. The molecule has 1 aliphatic heterocycles. The Morgan fingerprint density at radius 3 is 2.56 bits per heavy atom. The Bertz CT molecular complexity index is 406. The van der Waals surface area contributed by atoms with Gasteiger partial charge in [0.15, 0.2) is 0 Å². The van der Waals surface area contributed by atoms with Gasteiger partial charge in [0.25, 0.3) is 0 Å². The quantitative estimate of drug-likeness (QED) is 0.674. The van der Waals surface area contributed by atoms with Crippen LogP contribution in [0.25, 0.3) is 0 Å². The minimum absolute atomic E-state index is 0.380. The van der Waals surface area contributed by atoms with Gasteiger partial charge >= 0.3 is 0 Å². The van der Waals surface area contributed by atoms with Crippen molar-refractivity contribution in [3.05, 3.63) is 47.5 Å². The fourth-order valence-electron chi connectivity index (χ4n) is 2.90. The molecule has 2 atom stereocenters. The third-order valence-electron chi connectivity index (χ3n) is 3.60. The molecule has 1 nitrogen and oxygen atoms in total. The standard InChI is InChI=1S/C15H21N/c1-6-15-13-8-7-11(4)9-14(13)12(5)16(15)10(2)3/h6-10,12,15H,1H2,2-5H3. The molecule has 16 heavy (non-hydrogen) atoms. The first-order valence-corrected chi connectivity index (χ1v) is 6.06. The summed E-state index contributed by atoms with van der Waals surface area (Å²) in [6.07, 6.45) is 2.07. The molecule has 0 saturated heterocycles. The van der Waals surface area contributed by atoms with Crippen LogP contribution in [0.4, 0.5) is 0 Å². The zero-order chi connectivity index (χ0) is 11.9. The van der Waals surface area contributed by atoms with Crippen molar-refractivity contribution >= 4 is 0 Å². The van der Waals surface area contributed by atoms with Gasteiger partial charge in [0, 0.05) is 12.1 Å². The average Bonchev–Trinajstić information content (AvgIpc) is 2.51. The lowest BCUT2D eigenvalue weighted by atomic mass is 10.0. The van der Waals surface area contributed by atoms with Crippen molar-refractivity contribution in [2.45, 2.75) is 45.8 Å². The van der Waals surface area contributed by atoms with Crippen LogP contribution in [0, 0.1) is 6.92 Å². The van der Waals surface area contributed by atoms with Gasteiger partial charge in [-0.05, 0) is 38.8 Å². The highest BCUT2D eigenvalue weighted by atomic mass is 15.2. The molecule has 0 saturated carbocycles. The van der Waals surface area contributed by atoms with E-state index in [4.69, 9.17) is 0 Å². The summed E-state index contributed by atoms with van der Waals surface area (Å²) in [4.78, 5) is 2.52. The lowest BCUT2D eigenvalue weighted by molar-refractivity contribution is 0.154. The van der Waals surface area contributed by atoms with Crippen LogP contribution in [0.1, 0.15) is 49.5 Å². The zero-order valence-corrected chi connectivity index (χ0v) is 10.7. The van der Waals surface area contributed by atoms with Gasteiger partial charge in [0.1, 0.15) is 0 Å². The Balaban J connectivity index is 2.51. The van der Waals surface area contributed by atoms with Gasteiger partial charge < -0.3 is 0 Å². The molecule has 0 radical (unpaired) electrons. The molecule has 0 bridgehead atoms. The predicted octanol–water partition coefficient (Wildman–Crippen LogP) is 4.01. The molecule has 0 fully saturated rings. The van der Waals surface area contributed by atoms with Crippen molar-refractivity contribution in [2.24, 2.45) is 0 Å². The topological polar surface area (TPSA) is 3.24 Å². The van der Waals surface area contributed by atoms with Crippen LogP contribution in [0.5, 0.6) is 0 Å². The molecule has 0 spiro atoms. The second kappa shape index (κ2) is 4.06. The van der Waals surface area contributed by atoms with Crippen molar-refractivity contribution in [1.82, 2.24) is 4.90 Å². The number of benzene rings is 1. The molecule has 2 unspecified atom stereocenters. The highest BCUT2D eigenvalue weighted by Crippen LogP contribution is 2.43. The first-order chi connectivity index (χ1) is 7.56. The second-order valence-corrected chi connectivity index (χ2v) is 5.03. The Morgan fingerprint density at radius 1 is 1.31 bits per heavy atom. The molecular formula is C15H21N. The number of nitrogens with zero attached hydrogens (tertiary/aromatic N) is 1. The number of rotatable bonds is 2. The van der Waals surface area contributed by atoms with Crippen LogP contribution < -0.4 is 0 Å². The smallest absolute Gasteiger partial charge is 0.0540 e. The van der Waals surface area contributed by atoms with Crippen LogP contribution >= 0.6 is 0 Å². The maximum absolute atomic E-state index is 3.99. The summed E-state index contributed by atoms with van der Waals surface area (Å²) in [5.74, 6) is 0. The van der Waals surface area contributed by atoms with Crippen molar-refractivity contribution in [3.63, 3.8) is 0 Å². The molecule has 1 heterocycles. The fraction of sp³-hybridized carbons (Fsp3) is 0.467.